The highest BCUT2D eigenvalue weighted by molar-refractivity contribution is 6.43. The Hall–Kier alpha value is -3.09. The van der Waals surface area contributed by atoms with E-state index < -0.39 is 0 Å². The zero-order valence-corrected chi connectivity index (χ0v) is 16.2. The number of hydrazone groups is 1. The monoisotopic (exact) mass is 412 g/mol. The summed E-state index contributed by atoms with van der Waals surface area (Å²) >= 11 is 12.2. The number of hydrogen-bond acceptors (Lipinski definition) is 4. The van der Waals surface area contributed by atoms with E-state index in [4.69, 9.17) is 27.6 Å². The third-order valence-electron chi connectivity index (χ3n) is 4.12. The minimum Gasteiger partial charge on any atom is -0.455 e. The summed E-state index contributed by atoms with van der Waals surface area (Å²) in [6, 6.07) is 14.3. The topological polar surface area (TPSA) is 71.9 Å². The molecule has 1 aromatic carbocycles. The van der Waals surface area contributed by atoms with E-state index in [2.05, 4.69) is 15.5 Å². The van der Waals surface area contributed by atoms with Crippen molar-refractivity contribution in [3.63, 3.8) is 0 Å². The van der Waals surface area contributed by atoms with E-state index >= 15 is 0 Å². The van der Waals surface area contributed by atoms with Crippen LogP contribution in [0.3, 0.4) is 0 Å². The van der Waals surface area contributed by atoms with E-state index in [1.807, 2.05) is 24.3 Å². The molecule has 6 nitrogen and oxygen atoms in total. The molecule has 0 spiro atoms. The van der Waals surface area contributed by atoms with E-state index in [9.17, 15) is 4.79 Å². The van der Waals surface area contributed by atoms with Gasteiger partial charge in [0.15, 0.2) is 0 Å². The first-order valence-corrected chi connectivity index (χ1v) is 9.11. The number of aromatic nitrogens is 2. The Morgan fingerprint density at radius 2 is 2.04 bits per heavy atom. The number of imidazole rings is 1. The molecule has 8 heteroatoms. The van der Waals surface area contributed by atoms with Gasteiger partial charge in [0.1, 0.15) is 22.9 Å². The van der Waals surface area contributed by atoms with Gasteiger partial charge < -0.3 is 4.42 Å². The van der Waals surface area contributed by atoms with Crippen LogP contribution in [0, 0.1) is 6.92 Å². The number of carbonyl (C=O) groups excluding carboxylic acids is 1. The molecule has 0 saturated carbocycles. The molecule has 1 N–H and O–H groups in total. The van der Waals surface area contributed by atoms with Crippen LogP contribution in [-0.4, -0.2) is 21.5 Å². The zero-order chi connectivity index (χ0) is 19.7. The number of nitrogens with one attached hydrogen (secondary N) is 1. The maximum absolute atomic E-state index is 12.5. The summed E-state index contributed by atoms with van der Waals surface area (Å²) in [5.74, 6) is 0.649. The molecule has 1 amide bonds. The van der Waals surface area contributed by atoms with Crippen LogP contribution in [0.5, 0.6) is 0 Å². The third kappa shape index (κ3) is 3.40. The summed E-state index contributed by atoms with van der Waals surface area (Å²) in [6.07, 6.45) is 3.19. The molecule has 4 aromatic rings. The highest BCUT2D eigenvalue weighted by Crippen LogP contribution is 2.34. The number of aryl methyl sites for hydroxylation is 1. The van der Waals surface area contributed by atoms with Crippen LogP contribution >= 0.6 is 23.2 Å². The van der Waals surface area contributed by atoms with Crippen molar-refractivity contribution in [2.75, 3.05) is 0 Å². The van der Waals surface area contributed by atoms with Crippen molar-refractivity contribution in [1.29, 1.82) is 0 Å². The number of furan rings is 1. The van der Waals surface area contributed by atoms with Gasteiger partial charge in [-0.25, -0.2) is 10.4 Å². The Labute approximate surface area is 170 Å². The minimum absolute atomic E-state index is 0.364. The van der Waals surface area contributed by atoms with Crippen LogP contribution in [-0.2, 0) is 0 Å². The standard InChI is InChI=1S/C20H14Cl2N4O2/c1-12-19(26-10-3-2-7-17(26)24-12)20(27)25-23-11-13-8-9-16(28-13)14-5-4-6-15(21)18(14)22/h2-11H,1H3,(H,25,27)/b23-11-. The highest BCUT2D eigenvalue weighted by atomic mass is 35.5. The lowest BCUT2D eigenvalue weighted by Gasteiger charge is -2.02. The number of nitrogens with zero attached hydrogens (tertiary/aromatic N) is 3. The molecule has 0 aliphatic carbocycles. The Bertz CT molecular complexity index is 1210. The molecular formula is C20H14Cl2N4O2. The number of rotatable bonds is 4. The summed E-state index contributed by atoms with van der Waals surface area (Å²) in [4.78, 5) is 16.9. The van der Waals surface area contributed by atoms with Crippen LogP contribution in [0.1, 0.15) is 21.9 Å². The van der Waals surface area contributed by atoms with Crippen molar-refractivity contribution >= 4 is 41.0 Å². The first-order valence-electron chi connectivity index (χ1n) is 8.36. The van der Waals surface area contributed by atoms with Crippen LogP contribution in [0.4, 0.5) is 0 Å². The van der Waals surface area contributed by atoms with Crippen LogP contribution in [0.15, 0.2) is 64.2 Å². The molecule has 0 fully saturated rings. The lowest BCUT2D eigenvalue weighted by molar-refractivity contribution is 0.0948. The van der Waals surface area contributed by atoms with Gasteiger partial charge in [-0.2, -0.15) is 5.10 Å². The van der Waals surface area contributed by atoms with Crippen molar-refractivity contribution in [2.24, 2.45) is 5.10 Å². The van der Waals surface area contributed by atoms with E-state index in [0.29, 0.717) is 44.2 Å². The quantitative estimate of drug-likeness (QED) is 0.379. The minimum atomic E-state index is -0.364. The van der Waals surface area contributed by atoms with Gasteiger partial charge in [0, 0.05) is 11.8 Å². The fraction of sp³-hybridized carbons (Fsp3) is 0.0500. The normalized spacial score (nSPS) is 11.4. The van der Waals surface area contributed by atoms with Crippen molar-refractivity contribution in [3.8, 4) is 11.3 Å². The predicted octanol–water partition coefficient (Wildman–Crippen LogP) is 4.97. The largest absolute Gasteiger partial charge is 0.455 e. The SMILES string of the molecule is Cc1nc2ccccn2c1C(=O)N/N=C\c1ccc(-c2cccc(Cl)c2Cl)o1. The molecule has 3 heterocycles. The molecule has 0 atom stereocenters. The Balaban J connectivity index is 1.51. The number of benzene rings is 1. The first kappa shape index (κ1) is 18.3. The lowest BCUT2D eigenvalue weighted by atomic mass is 10.2. The number of hydrogen-bond donors (Lipinski definition) is 1. The maximum atomic E-state index is 12.5. The van der Waals surface area contributed by atoms with Gasteiger partial charge in [0.2, 0.25) is 0 Å². The number of fused-ring (bicyclic) bond motifs is 1. The third-order valence-corrected chi connectivity index (χ3v) is 4.94. The van der Waals surface area contributed by atoms with E-state index in [1.165, 1.54) is 6.21 Å². The summed E-state index contributed by atoms with van der Waals surface area (Å²) in [6.45, 7) is 1.78. The molecular weight excluding hydrogens is 399 g/mol. The Morgan fingerprint density at radius 1 is 1.18 bits per heavy atom. The molecule has 4 rings (SSSR count). The molecule has 0 unspecified atom stereocenters. The summed E-state index contributed by atoms with van der Waals surface area (Å²) in [5.41, 5.74) is 4.93. The van der Waals surface area contributed by atoms with Crippen molar-refractivity contribution in [1.82, 2.24) is 14.8 Å². The number of carbonyl (C=O) groups is 1. The molecule has 140 valence electrons. The molecule has 0 bridgehead atoms. The number of pyridine rings is 1. The molecule has 0 radical (unpaired) electrons. The van der Waals surface area contributed by atoms with Crippen LogP contribution in [0.2, 0.25) is 10.0 Å². The fourth-order valence-corrected chi connectivity index (χ4v) is 3.25. The smallest absolute Gasteiger partial charge is 0.290 e. The summed E-state index contributed by atoms with van der Waals surface area (Å²) in [7, 11) is 0. The Morgan fingerprint density at radius 3 is 2.89 bits per heavy atom. The maximum Gasteiger partial charge on any atom is 0.290 e. The van der Waals surface area contributed by atoms with Crippen LogP contribution in [0.25, 0.3) is 17.0 Å². The second kappa shape index (κ2) is 7.50. The van der Waals surface area contributed by atoms with Crippen molar-refractivity contribution < 1.29 is 9.21 Å². The highest BCUT2D eigenvalue weighted by Gasteiger charge is 2.15. The van der Waals surface area contributed by atoms with Crippen molar-refractivity contribution in [3.05, 3.63) is 81.9 Å². The average molecular weight is 413 g/mol. The first-order chi connectivity index (χ1) is 13.5. The van der Waals surface area contributed by atoms with Crippen LogP contribution < -0.4 is 5.43 Å². The molecule has 0 aliphatic rings. The van der Waals surface area contributed by atoms with Gasteiger partial charge in [-0.15, -0.1) is 0 Å². The van der Waals surface area contributed by atoms with E-state index in [0.717, 1.165) is 0 Å². The molecule has 28 heavy (non-hydrogen) atoms. The van der Waals surface area contributed by atoms with Gasteiger partial charge in [0.05, 0.1) is 22.0 Å². The molecule has 0 saturated heterocycles. The summed E-state index contributed by atoms with van der Waals surface area (Å²) < 4.78 is 7.43. The van der Waals surface area contributed by atoms with Gasteiger partial charge >= 0.3 is 0 Å². The predicted molar refractivity (Wildman–Crippen MR) is 109 cm³/mol. The molecule has 0 aliphatic heterocycles. The van der Waals surface area contributed by atoms with E-state index in [1.54, 1.807) is 41.8 Å². The lowest BCUT2D eigenvalue weighted by Crippen LogP contribution is -2.20. The fourth-order valence-electron chi connectivity index (χ4n) is 2.86. The second-order valence-corrected chi connectivity index (χ2v) is 6.76. The molecule has 3 aromatic heterocycles. The second-order valence-electron chi connectivity index (χ2n) is 5.98. The van der Waals surface area contributed by atoms with Gasteiger partial charge in [-0.3, -0.25) is 9.20 Å². The summed E-state index contributed by atoms with van der Waals surface area (Å²) in [5, 5.41) is 4.83. The van der Waals surface area contributed by atoms with Gasteiger partial charge in [-0.1, -0.05) is 35.3 Å². The van der Waals surface area contributed by atoms with Gasteiger partial charge in [0.25, 0.3) is 5.91 Å². The number of halogens is 2. The van der Waals surface area contributed by atoms with Gasteiger partial charge in [-0.05, 0) is 43.3 Å². The van der Waals surface area contributed by atoms with E-state index in [-0.39, 0.29) is 5.91 Å². The number of amides is 1. The van der Waals surface area contributed by atoms with Crippen molar-refractivity contribution in [2.45, 2.75) is 6.92 Å². The Kier molecular flexibility index (Phi) is 4.90. The average Bonchev–Trinajstić information content (AvgIpc) is 3.27. The zero-order valence-electron chi connectivity index (χ0n) is 14.7.